The zero-order chi connectivity index (χ0) is 27.3. The number of ether oxygens (including phenoxy) is 4. The van der Waals surface area contributed by atoms with Crippen LogP contribution in [0.25, 0.3) is 0 Å². The summed E-state index contributed by atoms with van der Waals surface area (Å²) in [6.07, 6.45) is 12.4. The molecule has 0 amide bonds. The molecule has 5 nitrogen and oxygen atoms in total. The molecule has 0 radical (unpaired) electrons. The highest BCUT2D eigenvalue weighted by molar-refractivity contribution is 5.91. The number of unbranched alkanes of at least 4 members (excludes halogenated alkanes) is 8. The van der Waals surface area contributed by atoms with Crippen molar-refractivity contribution in [3.05, 3.63) is 66.7 Å². The van der Waals surface area contributed by atoms with Gasteiger partial charge in [0, 0.05) is 6.61 Å². The minimum absolute atomic E-state index is 0.0339. The van der Waals surface area contributed by atoms with Gasteiger partial charge in [0.15, 0.2) is 0 Å². The number of rotatable bonds is 22. The van der Waals surface area contributed by atoms with Crippen molar-refractivity contribution in [2.45, 2.75) is 83.7 Å². The lowest BCUT2D eigenvalue weighted by molar-refractivity contribution is 0.0734. The number of hydrogen-bond acceptors (Lipinski definition) is 5. The van der Waals surface area contributed by atoms with Crippen LogP contribution in [0.1, 0.15) is 87.9 Å². The van der Waals surface area contributed by atoms with Gasteiger partial charge in [0.1, 0.15) is 30.0 Å². The minimum atomic E-state index is -0.973. The summed E-state index contributed by atoms with van der Waals surface area (Å²) < 4.78 is 36.1. The lowest BCUT2D eigenvalue weighted by Gasteiger charge is -2.11. The van der Waals surface area contributed by atoms with E-state index < -0.39 is 12.1 Å². The van der Waals surface area contributed by atoms with Crippen LogP contribution in [0.4, 0.5) is 4.39 Å². The molecule has 0 heterocycles. The third-order valence-electron chi connectivity index (χ3n) is 6.11. The molecular weight excluding hydrogens is 483 g/mol. The van der Waals surface area contributed by atoms with E-state index in [0.29, 0.717) is 36.7 Å². The van der Waals surface area contributed by atoms with Crippen LogP contribution in [0.2, 0.25) is 0 Å². The number of halogens is 1. The maximum atomic E-state index is 14.0. The van der Waals surface area contributed by atoms with E-state index in [-0.39, 0.29) is 6.61 Å². The molecule has 0 aliphatic carbocycles. The van der Waals surface area contributed by atoms with Gasteiger partial charge in [0.2, 0.25) is 0 Å². The zero-order valence-electron chi connectivity index (χ0n) is 23.0. The van der Waals surface area contributed by atoms with E-state index in [9.17, 15) is 9.18 Å². The Morgan fingerprint density at radius 3 is 2.05 bits per heavy atom. The van der Waals surface area contributed by atoms with Crippen LogP contribution in [0.3, 0.4) is 0 Å². The van der Waals surface area contributed by atoms with Crippen molar-refractivity contribution in [2.75, 3.05) is 26.4 Å². The van der Waals surface area contributed by atoms with Crippen molar-refractivity contribution in [2.24, 2.45) is 0 Å². The molecular formula is C32H45FO5. The second kappa shape index (κ2) is 20.1. The number of esters is 1. The molecule has 0 N–H and O–H groups in total. The highest BCUT2D eigenvalue weighted by atomic mass is 19.1. The molecule has 0 bridgehead atoms. The Labute approximate surface area is 228 Å². The van der Waals surface area contributed by atoms with E-state index >= 15 is 0 Å². The number of carbonyl (C=O) groups excluding carboxylic acids is 1. The van der Waals surface area contributed by atoms with Crippen molar-refractivity contribution in [1.82, 2.24) is 0 Å². The van der Waals surface area contributed by atoms with Gasteiger partial charge in [0.05, 0.1) is 18.8 Å². The van der Waals surface area contributed by atoms with Gasteiger partial charge in [-0.05, 0) is 67.8 Å². The lowest BCUT2D eigenvalue weighted by atomic mass is 10.1. The molecule has 1 unspecified atom stereocenters. The van der Waals surface area contributed by atoms with E-state index in [1.54, 1.807) is 54.6 Å². The molecule has 0 fully saturated rings. The first-order chi connectivity index (χ1) is 18.6. The number of benzene rings is 2. The Balaban J connectivity index is 1.60. The Hall–Kier alpha value is -2.86. The summed E-state index contributed by atoms with van der Waals surface area (Å²) in [4.78, 5) is 12.5. The summed E-state index contributed by atoms with van der Waals surface area (Å²) in [6.45, 7) is 7.90. The molecule has 0 aliphatic heterocycles. The molecule has 0 aliphatic rings. The molecule has 2 rings (SSSR count). The molecule has 6 heteroatoms. The average molecular weight is 529 g/mol. The van der Waals surface area contributed by atoms with E-state index in [1.165, 1.54) is 19.3 Å². The van der Waals surface area contributed by atoms with Gasteiger partial charge < -0.3 is 18.9 Å². The summed E-state index contributed by atoms with van der Waals surface area (Å²) in [5.41, 5.74) is 0.443. The predicted molar refractivity (Wildman–Crippen MR) is 151 cm³/mol. The Morgan fingerprint density at radius 2 is 1.37 bits per heavy atom. The first-order valence-electron chi connectivity index (χ1n) is 14.1. The van der Waals surface area contributed by atoms with Crippen molar-refractivity contribution in [3.63, 3.8) is 0 Å². The van der Waals surface area contributed by atoms with Crippen LogP contribution in [-0.2, 0) is 4.74 Å². The van der Waals surface area contributed by atoms with Crippen molar-refractivity contribution in [3.8, 4) is 17.2 Å². The Morgan fingerprint density at radius 1 is 0.789 bits per heavy atom. The van der Waals surface area contributed by atoms with Gasteiger partial charge in [-0.15, -0.1) is 6.58 Å². The molecule has 0 saturated heterocycles. The van der Waals surface area contributed by atoms with Crippen LogP contribution in [0.5, 0.6) is 17.2 Å². The summed E-state index contributed by atoms with van der Waals surface area (Å²) in [6, 6.07) is 13.6. The molecule has 2 aromatic carbocycles. The van der Waals surface area contributed by atoms with Crippen LogP contribution in [0.15, 0.2) is 61.2 Å². The lowest BCUT2D eigenvalue weighted by Crippen LogP contribution is -2.13. The van der Waals surface area contributed by atoms with E-state index in [0.717, 1.165) is 57.3 Å². The quantitative estimate of drug-likeness (QED) is 0.0663. The van der Waals surface area contributed by atoms with E-state index in [2.05, 4.69) is 13.5 Å². The van der Waals surface area contributed by atoms with Gasteiger partial charge in [0.25, 0.3) is 0 Å². The summed E-state index contributed by atoms with van der Waals surface area (Å²) in [5.74, 6) is 1.25. The topological polar surface area (TPSA) is 54.0 Å². The second-order valence-electron chi connectivity index (χ2n) is 9.48. The molecule has 38 heavy (non-hydrogen) atoms. The third-order valence-corrected chi connectivity index (χ3v) is 6.11. The predicted octanol–water partition coefficient (Wildman–Crippen LogP) is 8.52. The summed E-state index contributed by atoms with van der Waals surface area (Å²) >= 11 is 0. The first kappa shape index (κ1) is 31.4. The standard InChI is InChI=1S/C32H45FO5/c1-3-5-6-11-14-28(33)26-37-30-19-21-31(22-20-30)38-32(34)27-15-17-29(18-16-27)36-25-13-10-8-7-9-12-24-35-23-4-2/h4,15-22,28H,2-3,5-14,23-26H2,1H3. The molecule has 0 spiro atoms. The normalized spacial score (nSPS) is 11.6. The smallest absolute Gasteiger partial charge is 0.343 e. The maximum absolute atomic E-state index is 14.0. The third kappa shape index (κ3) is 14.2. The van der Waals surface area contributed by atoms with Crippen LogP contribution < -0.4 is 14.2 Å². The molecule has 210 valence electrons. The fourth-order valence-corrected chi connectivity index (χ4v) is 3.89. The monoisotopic (exact) mass is 528 g/mol. The van der Waals surface area contributed by atoms with Crippen molar-refractivity contribution in [1.29, 1.82) is 0 Å². The minimum Gasteiger partial charge on any atom is -0.494 e. The van der Waals surface area contributed by atoms with E-state index in [1.807, 2.05) is 0 Å². The summed E-state index contributed by atoms with van der Waals surface area (Å²) in [5, 5.41) is 0. The van der Waals surface area contributed by atoms with Crippen molar-refractivity contribution >= 4 is 5.97 Å². The van der Waals surface area contributed by atoms with Gasteiger partial charge in [-0.3, -0.25) is 0 Å². The number of carbonyl (C=O) groups is 1. The van der Waals surface area contributed by atoms with E-state index in [4.69, 9.17) is 18.9 Å². The van der Waals surface area contributed by atoms with Crippen LogP contribution in [0, 0.1) is 0 Å². The SMILES string of the molecule is C=CCOCCCCCCCCOc1ccc(C(=O)Oc2ccc(OCC(F)CCCCCC)cc2)cc1. The Kier molecular flexibility index (Phi) is 16.6. The van der Waals surface area contributed by atoms with Gasteiger partial charge in [-0.1, -0.05) is 64.4 Å². The summed E-state index contributed by atoms with van der Waals surface area (Å²) in [7, 11) is 0. The van der Waals surface area contributed by atoms with Crippen LogP contribution in [-0.4, -0.2) is 38.6 Å². The molecule has 0 aromatic heterocycles. The number of hydrogen-bond donors (Lipinski definition) is 0. The molecule has 1 atom stereocenters. The Bertz CT molecular complexity index is 882. The number of alkyl halides is 1. The molecule has 0 saturated carbocycles. The largest absolute Gasteiger partial charge is 0.494 e. The highest BCUT2D eigenvalue weighted by Crippen LogP contribution is 2.21. The fourth-order valence-electron chi connectivity index (χ4n) is 3.89. The van der Waals surface area contributed by atoms with Gasteiger partial charge in [-0.25, -0.2) is 9.18 Å². The first-order valence-corrected chi connectivity index (χ1v) is 14.1. The second-order valence-corrected chi connectivity index (χ2v) is 9.48. The maximum Gasteiger partial charge on any atom is 0.343 e. The van der Waals surface area contributed by atoms with Gasteiger partial charge >= 0.3 is 5.97 Å². The molecule has 2 aromatic rings. The zero-order valence-corrected chi connectivity index (χ0v) is 23.0. The highest BCUT2D eigenvalue weighted by Gasteiger charge is 2.10. The van der Waals surface area contributed by atoms with Crippen molar-refractivity contribution < 1.29 is 28.1 Å². The fraction of sp³-hybridized carbons (Fsp3) is 0.531. The average Bonchev–Trinajstić information content (AvgIpc) is 2.94. The van der Waals surface area contributed by atoms with Crippen LogP contribution >= 0.6 is 0 Å². The van der Waals surface area contributed by atoms with Gasteiger partial charge in [-0.2, -0.15) is 0 Å².